The number of unbranched alkanes of at least 4 members (excludes halogenated alkanes) is 2. The summed E-state index contributed by atoms with van der Waals surface area (Å²) in [5.74, 6) is 1.77. The van der Waals surface area contributed by atoms with Crippen molar-refractivity contribution in [3.63, 3.8) is 0 Å². The van der Waals surface area contributed by atoms with E-state index in [1.165, 1.54) is 14.2 Å². The fraction of sp³-hybridized carbons (Fsp3) is 0.529. The average Bonchev–Trinajstić information content (AvgIpc) is 3.34. The molecule has 10 nitrogen and oxygen atoms in total. The third-order valence-electron chi connectivity index (χ3n) is 10.3. The highest BCUT2D eigenvalue weighted by molar-refractivity contribution is 6.18. The fourth-order valence-electron chi connectivity index (χ4n) is 8.36. The molecule has 3 saturated heterocycles. The van der Waals surface area contributed by atoms with Gasteiger partial charge in [-0.25, -0.2) is 0 Å². The summed E-state index contributed by atoms with van der Waals surface area (Å²) >= 11 is 0. The first-order chi connectivity index (χ1) is 21.4. The van der Waals surface area contributed by atoms with Gasteiger partial charge in [0, 0.05) is 50.6 Å². The molecule has 2 bridgehead atoms. The van der Waals surface area contributed by atoms with Crippen molar-refractivity contribution >= 4 is 29.3 Å². The van der Waals surface area contributed by atoms with E-state index in [2.05, 4.69) is 4.90 Å². The SMILES string of the molecule is COc1ccc2c(c1OC)C(=O)N1c3ccccc3C(=O)N(CCCCCC(=O)N3C[C@H]4C[C@@H](C3)C3CCCC(=O)N3C4)C21. The lowest BCUT2D eigenvalue weighted by Gasteiger charge is -2.52. The van der Waals surface area contributed by atoms with Crippen molar-refractivity contribution in [3.8, 4) is 11.5 Å². The van der Waals surface area contributed by atoms with Gasteiger partial charge in [0.2, 0.25) is 11.8 Å². The molecule has 4 amide bonds. The molecule has 2 unspecified atom stereocenters. The summed E-state index contributed by atoms with van der Waals surface area (Å²) in [6, 6.07) is 11.2. The van der Waals surface area contributed by atoms with Crippen molar-refractivity contribution in [1.29, 1.82) is 0 Å². The van der Waals surface area contributed by atoms with Gasteiger partial charge in [0.05, 0.1) is 31.0 Å². The standard InChI is InChI=1S/C34H40N4O6/c1-43-27-15-14-24-30(31(27)44-2)34(42)38-26-10-6-5-9-23(26)33(41)36(32(24)38)16-7-3-4-12-28(39)35-18-21-17-22(20-35)25-11-8-13-29(40)37(25)19-21/h5-6,9-10,14-15,21-22,25,32H,3-4,7-8,11-13,16-20H2,1-2H3/t21-,22+,25?,32?/m1/s1. The van der Waals surface area contributed by atoms with E-state index in [-0.39, 0.29) is 17.7 Å². The van der Waals surface area contributed by atoms with Gasteiger partial charge in [-0.2, -0.15) is 0 Å². The minimum atomic E-state index is -0.569. The second-order valence-corrected chi connectivity index (χ2v) is 12.8. The Morgan fingerprint density at radius 3 is 2.59 bits per heavy atom. The highest BCUT2D eigenvalue weighted by atomic mass is 16.5. The summed E-state index contributed by atoms with van der Waals surface area (Å²) in [6.45, 7) is 2.75. The van der Waals surface area contributed by atoms with Crippen LogP contribution in [-0.2, 0) is 9.59 Å². The van der Waals surface area contributed by atoms with Crippen molar-refractivity contribution in [2.75, 3.05) is 45.3 Å². The van der Waals surface area contributed by atoms with E-state index in [4.69, 9.17) is 9.47 Å². The van der Waals surface area contributed by atoms with Crippen molar-refractivity contribution in [1.82, 2.24) is 14.7 Å². The van der Waals surface area contributed by atoms with Crippen LogP contribution in [0, 0.1) is 11.8 Å². The summed E-state index contributed by atoms with van der Waals surface area (Å²) in [7, 11) is 3.05. The Hall–Kier alpha value is -4.08. The largest absolute Gasteiger partial charge is 0.493 e. The molecule has 0 saturated carbocycles. The van der Waals surface area contributed by atoms with Crippen LogP contribution in [0.5, 0.6) is 11.5 Å². The van der Waals surface area contributed by atoms with Crippen molar-refractivity contribution in [2.45, 2.75) is 63.6 Å². The number of nitrogens with zero attached hydrogens (tertiary/aromatic N) is 4. The molecule has 0 N–H and O–H groups in total. The zero-order chi connectivity index (χ0) is 30.5. The van der Waals surface area contributed by atoms with E-state index < -0.39 is 6.17 Å². The number of piperidine rings is 3. The molecular formula is C34H40N4O6. The number of anilines is 1. The minimum Gasteiger partial charge on any atom is -0.493 e. The first-order valence-corrected chi connectivity index (χ1v) is 16.0. The Morgan fingerprint density at radius 1 is 0.932 bits per heavy atom. The maximum absolute atomic E-state index is 13.9. The maximum Gasteiger partial charge on any atom is 0.264 e. The van der Waals surface area contributed by atoms with Crippen LogP contribution in [0.3, 0.4) is 0 Å². The van der Waals surface area contributed by atoms with Crippen LogP contribution in [0.15, 0.2) is 36.4 Å². The number of rotatable bonds is 8. The van der Waals surface area contributed by atoms with E-state index in [9.17, 15) is 19.2 Å². The molecule has 232 valence electrons. The number of para-hydroxylation sites is 1. The predicted octanol–water partition coefficient (Wildman–Crippen LogP) is 4.24. The zero-order valence-electron chi connectivity index (χ0n) is 25.5. The molecular weight excluding hydrogens is 560 g/mol. The number of fused-ring (bicyclic) bond motifs is 9. The number of hydrogen-bond donors (Lipinski definition) is 0. The summed E-state index contributed by atoms with van der Waals surface area (Å²) in [5.41, 5.74) is 2.24. The number of hydrogen-bond acceptors (Lipinski definition) is 6. The normalized spacial score (nSPS) is 25.4. The van der Waals surface area contributed by atoms with Crippen LogP contribution in [0.1, 0.15) is 83.8 Å². The molecule has 0 radical (unpaired) electrons. The van der Waals surface area contributed by atoms with Gasteiger partial charge in [-0.05, 0) is 62.1 Å². The van der Waals surface area contributed by atoms with Crippen molar-refractivity contribution < 1.29 is 28.7 Å². The maximum atomic E-state index is 13.9. The molecule has 5 heterocycles. The molecule has 7 rings (SSSR count). The van der Waals surface area contributed by atoms with Gasteiger partial charge in [0.15, 0.2) is 11.5 Å². The summed E-state index contributed by atoms with van der Waals surface area (Å²) in [4.78, 5) is 61.0. The third kappa shape index (κ3) is 4.61. The van der Waals surface area contributed by atoms with E-state index in [0.29, 0.717) is 77.9 Å². The quantitative estimate of drug-likeness (QED) is 0.421. The molecule has 0 aromatic heterocycles. The lowest BCUT2D eigenvalue weighted by atomic mass is 9.76. The minimum absolute atomic E-state index is 0.108. The summed E-state index contributed by atoms with van der Waals surface area (Å²) in [6.07, 6.45) is 5.96. The highest BCUT2D eigenvalue weighted by Crippen LogP contribution is 2.49. The second-order valence-electron chi connectivity index (χ2n) is 12.8. The molecule has 0 aliphatic carbocycles. The zero-order valence-corrected chi connectivity index (χ0v) is 25.5. The molecule has 4 atom stereocenters. The molecule has 10 heteroatoms. The number of carbonyl (C=O) groups is 4. The predicted molar refractivity (Wildman–Crippen MR) is 163 cm³/mol. The number of methoxy groups -OCH3 is 2. The number of likely N-dealkylation sites (tertiary alicyclic amines) is 1. The van der Waals surface area contributed by atoms with Gasteiger partial charge in [-0.15, -0.1) is 0 Å². The number of ether oxygens (including phenoxy) is 2. The second kappa shape index (κ2) is 11.4. The number of benzene rings is 2. The lowest BCUT2D eigenvalue weighted by molar-refractivity contribution is -0.148. The molecule has 3 fully saturated rings. The summed E-state index contributed by atoms with van der Waals surface area (Å²) in [5, 5.41) is 0. The molecule has 2 aromatic rings. The monoisotopic (exact) mass is 600 g/mol. The van der Waals surface area contributed by atoms with Gasteiger partial charge in [0.25, 0.3) is 11.8 Å². The van der Waals surface area contributed by atoms with Crippen molar-refractivity contribution in [2.24, 2.45) is 11.8 Å². The Balaban J connectivity index is 1.01. The van der Waals surface area contributed by atoms with Crippen LogP contribution >= 0.6 is 0 Å². The molecule has 5 aliphatic heterocycles. The smallest absolute Gasteiger partial charge is 0.264 e. The van der Waals surface area contributed by atoms with E-state index >= 15 is 0 Å². The molecule has 2 aromatic carbocycles. The first-order valence-electron chi connectivity index (χ1n) is 16.0. The Kier molecular flexibility index (Phi) is 7.46. The Morgan fingerprint density at radius 2 is 1.77 bits per heavy atom. The average molecular weight is 601 g/mol. The van der Waals surface area contributed by atoms with Gasteiger partial charge in [-0.1, -0.05) is 24.6 Å². The van der Waals surface area contributed by atoms with Gasteiger partial charge in [-0.3, -0.25) is 24.1 Å². The Bertz CT molecular complexity index is 1510. The summed E-state index contributed by atoms with van der Waals surface area (Å²) < 4.78 is 11.1. The number of amides is 4. The first kappa shape index (κ1) is 28.7. The third-order valence-corrected chi connectivity index (χ3v) is 10.3. The van der Waals surface area contributed by atoms with Gasteiger partial charge < -0.3 is 24.2 Å². The molecule has 0 spiro atoms. The van der Waals surface area contributed by atoms with Crippen LogP contribution in [-0.4, -0.2) is 84.8 Å². The molecule has 44 heavy (non-hydrogen) atoms. The van der Waals surface area contributed by atoms with Gasteiger partial charge in [0.1, 0.15) is 6.17 Å². The van der Waals surface area contributed by atoms with Crippen LogP contribution < -0.4 is 14.4 Å². The lowest BCUT2D eigenvalue weighted by Crippen LogP contribution is -2.61. The fourth-order valence-corrected chi connectivity index (χ4v) is 8.36. The Labute approximate surface area is 257 Å². The van der Waals surface area contributed by atoms with E-state index in [0.717, 1.165) is 57.3 Å². The van der Waals surface area contributed by atoms with Crippen LogP contribution in [0.2, 0.25) is 0 Å². The highest BCUT2D eigenvalue weighted by Gasteiger charge is 2.49. The van der Waals surface area contributed by atoms with Crippen LogP contribution in [0.25, 0.3) is 0 Å². The molecule has 5 aliphatic rings. The van der Waals surface area contributed by atoms with Crippen molar-refractivity contribution in [3.05, 3.63) is 53.1 Å². The number of carbonyl (C=O) groups excluding carboxylic acids is 4. The topological polar surface area (TPSA) is 99.7 Å². The van der Waals surface area contributed by atoms with E-state index in [1.807, 2.05) is 29.2 Å². The van der Waals surface area contributed by atoms with E-state index in [1.54, 1.807) is 21.9 Å². The van der Waals surface area contributed by atoms with Crippen LogP contribution in [0.4, 0.5) is 5.69 Å². The van der Waals surface area contributed by atoms with Gasteiger partial charge >= 0.3 is 0 Å².